The number of nitrogens with zero attached hydrogens (tertiary/aromatic N) is 1. The average molecular weight is 115 g/mol. The molecule has 0 saturated carbocycles. The van der Waals surface area contributed by atoms with Gasteiger partial charge in [0.15, 0.2) is 0 Å². The molecule has 0 heterocycles. The maximum absolute atomic E-state index is 6.54. The summed E-state index contributed by atoms with van der Waals surface area (Å²) in [4.78, 5) is 3.63. The summed E-state index contributed by atoms with van der Waals surface area (Å²) in [5.74, 6) is 0. The minimum atomic E-state index is 0.347. The van der Waals surface area contributed by atoms with E-state index in [-0.39, 0.29) is 0 Å². The van der Waals surface area contributed by atoms with Crippen molar-refractivity contribution in [1.82, 2.24) is 5.32 Å². The van der Waals surface area contributed by atoms with Crippen LogP contribution < -0.4 is 5.32 Å². The summed E-state index contributed by atoms with van der Waals surface area (Å²) >= 11 is 0. The Kier molecular flexibility index (Phi) is 3.56. The van der Waals surface area contributed by atoms with Crippen LogP contribution in [-0.2, 0) is 4.74 Å². The predicted octanol–water partition coefficient (Wildman–Crippen LogP) is -0.185. The van der Waals surface area contributed by atoms with Gasteiger partial charge in [-0.05, 0) is 0 Å². The molecule has 2 N–H and O–H groups in total. The lowest BCUT2D eigenvalue weighted by molar-refractivity contribution is 0.389. The molecule has 46 valence electrons. The lowest BCUT2D eigenvalue weighted by atomic mass is 11.0. The Balaban J connectivity index is 3.53. The summed E-state index contributed by atoms with van der Waals surface area (Å²) in [7, 11) is 3.06. The van der Waals surface area contributed by atoms with Crippen LogP contribution in [0, 0.1) is 5.41 Å². The highest BCUT2D eigenvalue weighted by atomic mass is 16.5. The molecule has 0 amide bonds. The average Bonchev–Trinajstić information content (AvgIpc) is 1.83. The van der Waals surface area contributed by atoms with Crippen molar-refractivity contribution >= 4 is 12.4 Å². The first kappa shape index (κ1) is 6.94. The van der Waals surface area contributed by atoms with Crippen molar-refractivity contribution < 1.29 is 4.74 Å². The number of rotatable bonds is 1. The summed E-state index contributed by atoms with van der Waals surface area (Å²) in [5, 5.41) is 8.99. The number of ether oxygens (including phenoxy) is 1. The van der Waals surface area contributed by atoms with Crippen LogP contribution in [-0.4, -0.2) is 26.5 Å². The first-order valence-corrected chi connectivity index (χ1v) is 2.11. The molecule has 0 spiro atoms. The van der Waals surface area contributed by atoms with Crippen LogP contribution in [0.3, 0.4) is 0 Å². The third-order valence-electron chi connectivity index (χ3n) is 0.592. The molecule has 8 heavy (non-hydrogen) atoms. The Morgan fingerprint density at radius 3 is 2.62 bits per heavy atom. The quantitative estimate of drug-likeness (QED) is 0.368. The van der Waals surface area contributed by atoms with E-state index in [0.29, 0.717) is 6.02 Å². The zero-order valence-electron chi connectivity index (χ0n) is 4.93. The molecule has 4 heteroatoms. The smallest absolute Gasteiger partial charge is 0.289 e. The van der Waals surface area contributed by atoms with Gasteiger partial charge in [-0.3, -0.25) is 5.41 Å². The summed E-state index contributed by atoms with van der Waals surface area (Å²) in [6.07, 6.45) is 1.01. The van der Waals surface area contributed by atoms with Gasteiger partial charge in [-0.2, -0.15) is 0 Å². The molecule has 0 aliphatic rings. The molecule has 0 radical (unpaired) electrons. The van der Waals surface area contributed by atoms with E-state index in [0.717, 1.165) is 6.34 Å². The number of amidine groups is 1. The van der Waals surface area contributed by atoms with Crippen LogP contribution in [0.4, 0.5) is 0 Å². The van der Waals surface area contributed by atoms with Gasteiger partial charge < -0.3 is 10.1 Å². The molecule has 0 aromatic heterocycles. The van der Waals surface area contributed by atoms with Gasteiger partial charge in [-0.15, -0.1) is 0 Å². The van der Waals surface area contributed by atoms with Crippen molar-refractivity contribution in [2.75, 3.05) is 14.2 Å². The highest BCUT2D eigenvalue weighted by Crippen LogP contribution is 1.66. The van der Waals surface area contributed by atoms with Crippen molar-refractivity contribution in [3.8, 4) is 0 Å². The molecule has 0 bridgehead atoms. The monoisotopic (exact) mass is 115 g/mol. The molecular weight excluding hydrogens is 106 g/mol. The van der Waals surface area contributed by atoms with E-state index in [1.807, 2.05) is 0 Å². The topological polar surface area (TPSA) is 57.5 Å². The van der Waals surface area contributed by atoms with Crippen LogP contribution in [0.1, 0.15) is 0 Å². The fraction of sp³-hybridized carbons (Fsp3) is 0.500. The van der Waals surface area contributed by atoms with E-state index in [9.17, 15) is 0 Å². The van der Waals surface area contributed by atoms with Gasteiger partial charge in [0.2, 0.25) is 0 Å². The standard InChI is InChI=1S/C4H9N3O/c1-6-4(8-2)7-3-5/h3H,1-2H3,(H2,5,6,7). The molecule has 0 aromatic carbocycles. The van der Waals surface area contributed by atoms with E-state index in [2.05, 4.69) is 15.0 Å². The number of aliphatic imine (C=N–C) groups is 1. The SMILES string of the molecule is CN=C(NC=N)OC. The summed E-state index contributed by atoms with van der Waals surface area (Å²) in [5.41, 5.74) is 0. The molecule has 0 saturated heterocycles. The minimum absolute atomic E-state index is 0.347. The Labute approximate surface area is 48.1 Å². The maximum Gasteiger partial charge on any atom is 0.289 e. The van der Waals surface area contributed by atoms with Crippen LogP contribution in [0.15, 0.2) is 4.99 Å². The van der Waals surface area contributed by atoms with Gasteiger partial charge >= 0.3 is 0 Å². The molecule has 0 fully saturated rings. The van der Waals surface area contributed by atoms with Crippen molar-refractivity contribution in [2.45, 2.75) is 0 Å². The van der Waals surface area contributed by atoms with E-state index >= 15 is 0 Å². The lowest BCUT2D eigenvalue weighted by Gasteiger charge is -1.98. The highest BCUT2D eigenvalue weighted by Gasteiger charge is 1.85. The van der Waals surface area contributed by atoms with Crippen molar-refractivity contribution in [2.24, 2.45) is 4.99 Å². The van der Waals surface area contributed by atoms with E-state index < -0.39 is 0 Å². The highest BCUT2D eigenvalue weighted by molar-refractivity contribution is 5.84. The molecule has 0 aliphatic heterocycles. The second-order valence-corrected chi connectivity index (χ2v) is 1.02. The first-order chi connectivity index (χ1) is 3.85. The summed E-state index contributed by atoms with van der Waals surface area (Å²) in [6, 6.07) is 0.347. The number of methoxy groups -OCH3 is 1. The second-order valence-electron chi connectivity index (χ2n) is 1.02. The number of hydrogen-bond acceptors (Lipinski definition) is 3. The van der Waals surface area contributed by atoms with Crippen molar-refractivity contribution in [1.29, 1.82) is 5.41 Å². The van der Waals surface area contributed by atoms with Crippen LogP contribution >= 0.6 is 0 Å². The second kappa shape index (κ2) is 4.11. The largest absolute Gasteiger partial charge is 0.468 e. The lowest BCUT2D eigenvalue weighted by Crippen LogP contribution is -2.22. The molecule has 0 aliphatic carbocycles. The van der Waals surface area contributed by atoms with Crippen molar-refractivity contribution in [3.63, 3.8) is 0 Å². The molecule has 0 aromatic rings. The van der Waals surface area contributed by atoms with E-state index in [4.69, 9.17) is 5.41 Å². The van der Waals surface area contributed by atoms with Crippen LogP contribution in [0.2, 0.25) is 0 Å². The van der Waals surface area contributed by atoms with Gasteiger partial charge in [0.25, 0.3) is 6.02 Å². The zero-order chi connectivity index (χ0) is 6.41. The fourth-order valence-corrected chi connectivity index (χ4v) is 0.277. The zero-order valence-corrected chi connectivity index (χ0v) is 4.93. The Morgan fingerprint density at radius 2 is 2.50 bits per heavy atom. The Hall–Kier alpha value is -1.06. The molecular formula is C4H9N3O. The number of nitrogens with one attached hydrogen (secondary N) is 2. The fourth-order valence-electron chi connectivity index (χ4n) is 0.277. The van der Waals surface area contributed by atoms with Gasteiger partial charge in [0.1, 0.15) is 0 Å². The normalized spacial score (nSPS) is 10.5. The summed E-state index contributed by atoms with van der Waals surface area (Å²) in [6.45, 7) is 0. The number of hydrogen-bond donors (Lipinski definition) is 2. The first-order valence-electron chi connectivity index (χ1n) is 2.11. The van der Waals surface area contributed by atoms with Gasteiger partial charge in [-0.1, -0.05) is 0 Å². The van der Waals surface area contributed by atoms with Gasteiger partial charge in [0, 0.05) is 7.05 Å². The molecule has 0 unspecified atom stereocenters. The predicted molar refractivity (Wildman–Crippen MR) is 32.3 cm³/mol. The molecule has 0 atom stereocenters. The van der Waals surface area contributed by atoms with Gasteiger partial charge in [0.05, 0.1) is 13.4 Å². The maximum atomic E-state index is 6.54. The van der Waals surface area contributed by atoms with Crippen molar-refractivity contribution in [3.05, 3.63) is 0 Å². The molecule has 4 nitrogen and oxygen atoms in total. The minimum Gasteiger partial charge on any atom is -0.468 e. The van der Waals surface area contributed by atoms with E-state index in [1.54, 1.807) is 7.05 Å². The van der Waals surface area contributed by atoms with Crippen LogP contribution in [0.25, 0.3) is 0 Å². The van der Waals surface area contributed by atoms with Crippen LogP contribution in [0.5, 0.6) is 0 Å². The Morgan fingerprint density at radius 1 is 1.88 bits per heavy atom. The third-order valence-corrected chi connectivity index (χ3v) is 0.592. The van der Waals surface area contributed by atoms with Gasteiger partial charge in [-0.25, -0.2) is 4.99 Å². The molecule has 0 rings (SSSR count). The Bertz CT molecular complexity index is 99.5. The van der Waals surface area contributed by atoms with E-state index in [1.165, 1.54) is 7.11 Å². The summed E-state index contributed by atoms with van der Waals surface area (Å²) < 4.78 is 4.63. The third kappa shape index (κ3) is 2.17.